The molecule has 3 aromatic carbocycles. The third-order valence-electron chi connectivity index (χ3n) is 4.38. The third-order valence-corrected chi connectivity index (χ3v) is 4.97. The van der Waals surface area contributed by atoms with Gasteiger partial charge in [0.2, 0.25) is 0 Å². The van der Waals surface area contributed by atoms with E-state index < -0.39 is 0 Å². The van der Waals surface area contributed by atoms with Gasteiger partial charge in [0.1, 0.15) is 12.4 Å². The van der Waals surface area contributed by atoms with E-state index in [0.29, 0.717) is 17.1 Å². The average Bonchev–Trinajstić information content (AvgIpc) is 2.72. The molecule has 0 radical (unpaired) electrons. The lowest BCUT2D eigenvalue weighted by Crippen LogP contribution is -2.16. The summed E-state index contributed by atoms with van der Waals surface area (Å²) in [6, 6.07) is 20.9. The topological polar surface area (TPSA) is 30.5 Å². The second kappa shape index (κ2) is 10.2. The van der Waals surface area contributed by atoms with Crippen molar-refractivity contribution < 1.29 is 13.9 Å². The van der Waals surface area contributed by atoms with Gasteiger partial charge >= 0.3 is 0 Å². The lowest BCUT2D eigenvalue weighted by Gasteiger charge is -2.15. The molecule has 0 amide bonds. The molecule has 0 aromatic heterocycles. The van der Waals surface area contributed by atoms with E-state index in [1.54, 1.807) is 25.3 Å². The lowest BCUT2D eigenvalue weighted by atomic mass is 10.1. The van der Waals surface area contributed by atoms with Crippen LogP contribution in [-0.2, 0) is 19.6 Å². The van der Waals surface area contributed by atoms with Gasteiger partial charge in [-0.15, -0.1) is 0 Å². The normalized spacial score (nSPS) is 10.7. The largest absolute Gasteiger partial charge is 0.493 e. The summed E-state index contributed by atoms with van der Waals surface area (Å²) >= 11 is 3.55. The molecule has 3 nitrogen and oxygen atoms in total. The Kier molecular flexibility index (Phi) is 7.46. The Balaban J connectivity index is 1.60. The van der Waals surface area contributed by atoms with Gasteiger partial charge in [-0.25, -0.2) is 4.39 Å². The van der Waals surface area contributed by atoms with Crippen LogP contribution in [0.1, 0.15) is 16.7 Å². The Hall–Kier alpha value is -2.37. The van der Waals surface area contributed by atoms with Crippen LogP contribution in [0.25, 0.3) is 0 Å². The molecule has 0 aliphatic carbocycles. The van der Waals surface area contributed by atoms with E-state index in [-0.39, 0.29) is 12.4 Å². The molecule has 0 saturated heterocycles. The zero-order valence-corrected chi connectivity index (χ0v) is 17.3. The lowest BCUT2D eigenvalue weighted by molar-refractivity contribution is 0.277. The minimum atomic E-state index is -0.281. The number of hydrogen-bond donors (Lipinski definition) is 1. The fourth-order valence-corrected chi connectivity index (χ4v) is 3.49. The molecule has 0 saturated carbocycles. The van der Waals surface area contributed by atoms with Crippen molar-refractivity contribution in [2.75, 3.05) is 13.7 Å². The molecule has 0 atom stereocenters. The summed E-state index contributed by atoms with van der Waals surface area (Å²) < 4.78 is 25.9. The Morgan fingerprint density at radius 2 is 1.71 bits per heavy atom. The van der Waals surface area contributed by atoms with Gasteiger partial charge in [0.05, 0.1) is 11.6 Å². The van der Waals surface area contributed by atoms with Gasteiger partial charge in [0.25, 0.3) is 0 Å². The van der Waals surface area contributed by atoms with E-state index in [1.807, 2.05) is 18.2 Å². The molecule has 3 aromatic rings. The first-order valence-electron chi connectivity index (χ1n) is 9.14. The summed E-state index contributed by atoms with van der Waals surface area (Å²) in [6.07, 6.45) is 0.975. The average molecular weight is 444 g/mol. The van der Waals surface area contributed by atoms with Gasteiger partial charge in [0, 0.05) is 12.1 Å². The summed E-state index contributed by atoms with van der Waals surface area (Å²) in [5.74, 6) is 0.904. The van der Waals surface area contributed by atoms with Gasteiger partial charge < -0.3 is 14.8 Å². The van der Waals surface area contributed by atoms with Crippen molar-refractivity contribution in [2.24, 2.45) is 0 Å². The van der Waals surface area contributed by atoms with Crippen molar-refractivity contribution in [1.82, 2.24) is 5.32 Å². The smallest absolute Gasteiger partial charge is 0.175 e. The molecule has 0 unspecified atom stereocenters. The van der Waals surface area contributed by atoms with Crippen molar-refractivity contribution in [3.63, 3.8) is 0 Å². The highest BCUT2D eigenvalue weighted by atomic mass is 79.9. The molecule has 0 aliphatic rings. The van der Waals surface area contributed by atoms with Crippen LogP contribution in [-0.4, -0.2) is 13.7 Å². The number of halogens is 2. The van der Waals surface area contributed by atoms with Crippen LogP contribution in [0.2, 0.25) is 0 Å². The van der Waals surface area contributed by atoms with E-state index in [9.17, 15) is 4.39 Å². The maximum absolute atomic E-state index is 13.8. The van der Waals surface area contributed by atoms with Crippen molar-refractivity contribution in [2.45, 2.75) is 19.6 Å². The predicted octanol–water partition coefficient (Wildman–Crippen LogP) is 5.51. The molecule has 0 heterocycles. The Morgan fingerprint density at radius 1 is 0.964 bits per heavy atom. The van der Waals surface area contributed by atoms with Crippen LogP contribution in [0, 0.1) is 5.82 Å². The van der Waals surface area contributed by atoms with Gasteiger partial charge in [-0.05, 0) is 58.2 Å². The number of benzene rings is 3. The molecule has 0 spiro atoms. The first kappa shape index (κ1) is 20.4. The highest BCUT2D eigenvalue weighted by Crippen LogP contribution is 2.37. The summed E-state index contributed by atoms with van der Waals surface area (Å²) in [5.41, 5.74) is 2.89. The Morgan fingerprint density at radius 3 is 2.46 bits per heavy atom. The molecule has 1 N–H and O–H groups in total. The van der Waals surface area contributed by atoms with E-state index in [4.69, 9.17) is 9.47 Å². The maximum Gasteiger partial charge on any atom is 0.175 e. The van der Waals surface area contributed by atoms with Crippen LogP contribution in [0.15, 0.2) is 71.2 Å². The SMILES string of the molecule is COc1cc(CNCCc2ccccc2)cc(Br)c1OCc1ccccc1F. The molecule has 0 bridgehead atoms. The van der Waals surface area contributed by atoms with Crippen molar-refractivity contribution >= 4 is 15.9 Å². The fourth-order valence-electron chi connectivity index (χ4n) is 2.89. The number of nitrogens with one attached hydrogen (secondary N) is 1. The molecule has 28 heavy (non-hydrogen) atoms. The molecule has 0 aliphatic heterocycles. The first-order valence-corrected chi connectivity index (χ1v) is 9.94. The molecule has 5 heteroatoms. The van der Waals surface area contributed by atoms with Crippen molar-refractivity contribution in [1.29, 1.82) is 0 Å². The van der Waals surface area contributed by atoms with Crippen LogP contribution in [0.4, 0.5) is 4.39 Å². The zero-order valence-electron chi connectivity index (χ0n) is 15.8. The summed E-state index contributed by atoms with van der Waals surface area (Å²) in [5, 5.41) is 3.45. The standard InChI is InChI=1S/C23H23BrFNO2/c1-27-22-14-18(15-26-12-11-17-7-3-2-4-8-17)13-20(24)23(22)28-16-19-9-5-6-10-21(19)25/h2-10,13-14,26H,11-12,15-16H2,1H3. The quantitative estimate of drug-likeness (QED) is 0.442. The van der Waals surface area contributed by atoms with Crippen molar-refractivity contribution in [3.05, 3.63) is 93.7 Å². The number of rotatable bonds is 9. The van der Waals surface area contributed by atoms with Crippen LogP contribution < -0.4 is 14.8 Å². The van der Waals surface area contributed by atoms with E-state index in [0.717, 1.165) is 29.5 Å². The third kappa shape index (κ3) is 5.57. The molecule has 146 valence electrons. The van der Waals surface area contributed by atoms with E-state index in [2.05, 4.69) is 45.5 Å². The fraction of sp³-hybridized carbons (Fsp3) is 0.217. The zero-order chi connectivity index (χ0) is 19.8. The number of methoxy groups -OCH3 is 1. The number of hydrogen-bond acceptors (Lipinski definition) is 3. The molecular weight excluding hydrogens is 421 g/mol. The first-order chi connectivity index (χ1) is 13.7. The minimum absolute atomic E-state index is 0.135. The summed E-state index contributed by atoms with van der Waals surface area (Å²) in [6.45, 7) is 1.74. The van der Waals surface area contributed by atoms with E-state index >= 15 is 0 Å². The Labute approximate surface area is 173 Å². The second-order valence-corrected chi connectivity index (χ2v) is 7.26. The van der Waals surface area contributed by atoms with E-state index in [1.165, 1.54) is 11.6 Å². The Bertz CT molecular complexity index is 902. The van der Waals surface area contributed by atoms with Crippen molar-refractivity contribution in [3.8, 4) is 11.5 Å². The van der Waals surface area contributed by atoms with Gasteiger partial charge in [-0.1, -0.05) is 48.5 Å². The highest BCUT2D eigenvalue weighted by Gasteiger charge is 2.13. The minimum Gasteiger partial charge on any atom is -0.493 e. The summed E-state index contributed by atoms with van der Waals surface area (Å²) in [7, 11) is 1.60. The van der Waals surface area contributed by atoms with Crippen LogP contribution >= 0.6 is 15.9 Å². The van der Waals surface area contributed by atoms with Gasteiger partial charge in [-0.3, -0.25) is 0 Å². The molecule has 0 fully saturated rings. The second-order valence-electron chi connectivity index (χ2n) is 6.40. The molecular formula is C23H23BrFNO2. The molecule has 3 rings (SSSR count). The summed E-state index contributed by atoms with van der Waals surface area (Å²) in [4.78, 5) is 0. The van der Waals surface area contributed by atoms with Gasteiger partial charge in [-0.2, -0.15) is 0 Å². The van der Waals surface area contributed by atoms with Crippen LogP contribution in [0.5, 0.6) is 11.5 Å². The highest BCUT2D eigenvalue weighted by molar-refractivity contribution is 9.10. The maximum atomic E-state index is 13.8. The predicted molar refractivity (Wildman–Crippen MR) is 113 cm³/mol. The number of ether oxygens (including phenoxy) is 2. The van der Waals surface area contributed by atoms with Crippen LogP contribution in [0.3, 0.4) is 0 Å². The van der Waals surface area contributed by atoms with Gasteiger partial charge in [0.15, 0.2) is 11.5 Å². The monoisotopic (exact) mass is 443 g/mol.